The predicted molar refractivity (Wildman–Crippen MR) is 86.8 cm³/mol. The van der Waals surface area contributed by atoms with Crippen molar-refractivity contribution in [1.29, 1.82) is 0 Å². The van der Waals surface area contributed by atoms with Gasteiger partial charge in [0.2, 0.25) is 0 Å². The molecule has 1 aliphatic carbocycles. The van der Waals surface area contributed by atoms with Gasteiger partial charge >= 0.3 is 0 Å². The Kier molecular flexibility index (Phi) is 6.53. The third-order valence-corrected chi connectivity index (χ3v) is 5.72. The van der Waals surface area contributed by atoms with Gasteiger partial charge in [0, 0.05) is 21.7 Å². The van der Waals surface area contributed by atoms with Crippen LogP contribution >= 0.6 is 11.6 Å². The zero-order chi connectivity index (χ0) is 14.4. The van der Waals surface area contributed by atoms with Gasteiger partial charge in [-0.25, -0.2) is 0 Å². The van der Waals surface area contributed by atoms with E-state index in [2.05, 4.69) is 12.2 Å². The lowest BCUT2D eigenvalue weighted by atomic mass is 10.0. The summed E-state index contributed by atoms with van der Waals surface area (Å²) in [5, 5.41) is 4.34. The van der Waals surface area contributed by atoms with Crippen molar-refractivity contribution in [2.45, 2.75) is 50.0 Å². The molecule has 0 spiro atoms. The summed E-state index contributed by atoms with van der Waals surface area (Å²) in [6.07, 6.45) is 6.09. The quantitative estimate of drug-likeness (QED) is 0.824. The molecule has 1 saturated carbocycles. The van der Waals surface area contributed by atoms with E-state index in [4.69, 9.17) is 11.6 Å². The number of hydrogen-bond donors (Lipinski definition) is 1. The molecule has 1 aromatic rings. The van der Waals surface area contributed by atoms with Crippen LogP contribution in [0.3, 0.4) is 0 Å². The zero-order valence-electron chi connectivity index (χ0n) is 12.1. The van der Waals surface area contributed by atoms with Crippen molar-refractivity contribution >= 4 is 22.4 Å². The van der Waals surface area contributed by atoms with Gasteiger partial charge < -0.3 is 5.32 Å². The molecule has 2 rings (SSSR count). The Morgan fingerprint density at radius 2 is 2.05 bits per heavy atom. The predicted octanol–water partition coefficient (Wildman–Crippen LogP) is 4.01. The summed E-state index contributed by atoms with van der Waals surface area (Å²) in [6.45, 7) is 3.30. The van der Waals surface area contributed by atoms with Gasteiger partial charge in [-0.05, 0) is 62.4 Å². The summed E-state index contributed by atoms with van der Waals surface area (Å²) in [7, 11) is -0.895. The van der Waals surface area contributed by atoms with Crippen molar-refractivity contribution in [1.82, 2.24) is 5.32 Å². The molecule has 1 aromatic carbocycles. The second kappa shape index (κ2) is 8.16. The van der Waals surface area contributed by atoms with E-state index in [0.717, 1.165) is 23.6 Å². The SMILES string of the molecule is CCCNC1CCCC1CCS(=O)c1ccc(Cl)cc1. The maximum atomic E-state index is 12.3. The summed E-state index contributed by atoms with van der Waals surface area (Å²) in [5.74, 6) is 1.45. The first-order valence-corrected chi connectivity index (χ1v) is 9.27. The molecule has 0 heterocycles. The van der Waals surface area contributed by atoms with Crippen LogP contribution in [0, 0.1) is 5.92 Å². The molecule has 1 N–H and O–H groups in total. The molecular weight excluding hydrogens is 290 g/mol. The summed E-state index contributed by atoms with van der Waals surface area (Å²) >= 11 is 5.86. The highest BCUT2D eigenvalue weighted by molar-refractivity contribution is 7.85. The highest BCUT2D eigenvalue weighted by atomic mass is 35.5. The first-order valence-electron chi connectivity index (χ1n) is 7.58. The molecule has 3 unspecified atom stereocenters. The smallest absolute Gasteiger partial charge is 0.0529 e. The Balaban J connectivity index is 1.81. The Morgan fingerprint density at radius 1 is 1.30 bits per heavy atom. The van der Waals surface area contributed by atoms with Crippen LogP contribution in [0.5, 0.6) is 0 Å². The van der Waals surface area contributed by atoms with Crippen molar-refractivity contribution in [2.75, 3.05) is 12.3 Å². The van der Waals surface area contributed by atoms with E-state index < -0.39 is 10.8 Å². The van der Waals surface area contributed by atoms with Gasteiger partial charge in [0.05, 0.1) is 10.8 Å². The molecule has 1 aliphatic rings. The summed E-state index contributed by atoms with van der Waals surface area (Å²) in [5.41, 5.74) is 0. The molecule has 20 heavy (non-hydrogen) atoms. The zero-order valence-corrected chi connectivity index (χ0v) is 13.7. The first kappa shape index (κ1) is 16.0. The third-order valence-electron chi connectivity index (χ3n) is 4.07. The van der Waals surface area contributed by atoms with E-state index in [1.807, 2.05) is 24.3 Å². The average molecular weight is 314 g/mol. The van der Waals surface area contributed by atoms with Crippen LogP contribution in [-0.4, -0.2) is 22.5 Å². The number of nitrogens with one attached hydrogen (secondary N) is 1. The minimum atomic E-state index is -0.895. The topological polar surface area (TPSA) is 29.1 Å². The molecule has 0 radical (unpaired) electrons. The van der Waals surface area contributed by atoms with E-state index in [-0.39, 0.29) is 0 Å². The monoisotopic (exact) mass is 313 g/mol. The second-order valence-corrected chi connectivity index (χ2v) is 7.55. The van der Waals surface area contributed by atoms with Gasteiger partial charge in [0.15, 0.2) is 0 Å². The Bertz CT molecular complexity index is 435. The van der Waals surface area contributed by atoms with Gasteiger partial charge in [-0.3, -0.25) is 4.21 Å². The molecule has 1 fully saturated rings. The summed E-state index contributed by atoms with van der Waals surface area (Å²) < 4.78 is 12.3. The van der Waals surface area contributed by atoms with Gasteiger partial charge in [-0.15, -0.1) is 0 Å². The second-order valence-electron chi connectivity index (χ2n) is 5.54. The Hall–Kier alpha value is -0.380. The lowest BCUT2D eigenvalue weighted by Gasteiger charge is -2.20. The highest BCUT2D eigenvalue weighted by Crippen LogP contribution is 2.29. The normalized spacial score (nSPS) is 23.9. The molecule has 0 amide bonds. The molecule has 112 valence electrons. The molecule has 2 nitrogen and oxygen atoms in total. The van der Waals surface area contributed by atoms with Crippen LogP contribution in [0.2, 0.25) is 5.02 Å². The van der Waals surface area contributed by atoms with Crippen LogP contribution in [0.25, 0.3) is 0 Å². The van der Waals surface area contributed by atoms with Crippen molar-refractivity contribution < 1.29 is 4.21 Å². The maximum Gasteiger partial charge on any atom is 0.0529 e. The summed E-state index contributed by atoms with van der Waals surface area (Å²) in [4.78, 5) is 0.894. The molecule has 3 atom stereocenters. The van der Waals surface area contributed by atoms with Crippen LogP contribution in [0.15, 0.2) is 29.2 Å². The summed E-state index contributed by atoms with van der Waals surface area (Å²) in [6, 6.07) is 8.02. The number of rotatable bonds is 7. The van der Waals surface area contributed by atoms with Crippen molar-refractivity contribution in [3.05, 3.63) is 29.3 Å². The fourth-order valence-corrected chi connectivity index (χ4v) is 4.26. The average Bonchev–Trinajstić information content (AvgIpc) is 2.90. The van der Waals surface area contributed by atoms with E-state index in [1.165, 1.54) is 25.7 Å². The van der Waals surface area contributed by atoms with Crippen molar-refractivity contribution in [2.24, 2.45) is 5.92 Å². The fourth-order valence-electron chi connectivity index (χ4n) is 2.94. The molecular formula is C16H24ClNOS. The maximum absolute atomic E-state index is 12.3. The minimum Gasteiger partial charge on any atom is -0.314 e. The van der Waals surface area contributed by atoms with E-state index in [1.54, 1.807) is 0 Å². The third kappa shape index (κ3) is 4.57. The van der Waals surface area contributed by atoms with E-state index in [9.17, 15) is 4.21 Å². The van der Waals surface area contributed by atoms with Crippen LogP contribution in [0.1, 0.15) is 39.0 Å². The van der Waals surface area contributed by atoms with Crippen molar-refractivity contribution in [3.8, 4) is 0 Å². The van der Waals surface area contributed by atoms with E-state index >= 15 is 0 Å². The highest BCUT2D eigenvalue weighted by Gasteiger charge is 2.26. The Morgan fingerprint density at radius 3 is 2.75 bits per heavy atom. The van der Waals surface area contributed by atoms with Crippen LogP contribution < -0.4 is 5.32 Å². The number of hydrogen-bond acceptors (Lipinski definition) is 2. The minimum absolute atomic E-state index is 0.636. The number of benzene rings is 1. The van der Waals surface area contributed by atoms with Crippen LogP contribution in [0.4, 0.5) is 0 Å². The lowest BCUT2D eigenvalue weighted by Crippen LogP contribution is -2.33. The molecule has 0 aromatic heterocycles. The standard InChI is InChI=1S/C16H24ClNOS/c1-2-11-18-16-5-3-4-13(16)10-12-20(19)15-8-6-14(17)7-9-15/h6-9,13,16,18H,2-5,10-12H2,1H3. The Labute approximate surface area is 129 Å². The van der Waals surface area contributed by atoms with Crippen molar-refractivity contribution in [3.63, 3.8) is 0 Å². The van der Waals surface area contributed by atoms with Gasteiger partial charge in [0.25, 0.3) is 0 Å². The lowest BCUT2D eigenvalue weighted by molar-refractivity contribution is 0.393. The van der Waals surface area contributed by atoms with Crippen LogP contribution in [-0.2, 0) is 10.8 Å². The largest absolute Gasteiger partial charge is 0.314 e. The molecule has 0 saturated heterocycles. The molecule has 4 heteroatoms. The van der Waals surface area contributed by atoms with Gasteiger partial charge in [-0.2, -0.15) is 0 Å². The first-order chi connectivity index (χ1) is 9.70. The molecule has 0 bridgehead atoms. The van der Waals surface area contributed by atoms with Gasteiger partial charge in [0.1, 0.15) is 0 Å². The molecule has 0 aliphatic heterocycles. The van der Waals surface area contributed by atoms with Gasteiger partial charge in [-0.1, -0.05) is 24.9 Å². The number of halogens is 1. The fraction of sp³-hybridized carbons (Fsp3) is 0.625. The van der Waals surface area contributed by atoms with E-state index in [0.29, 0.717) is 17.0 Å².